The number of nitrogens with one attached hydrogen (secondary N) is 1. The summed E-state index contributed by atoms with van der Waals surface area (Å²) in [6, 6.07) is 7.90. The zero-order valence-electron chi connectivity index (χ0n) is 11.2. The zero-order valence-corrected chi connectivity index (χ0v) is 12.7. The summed E-state index contributed by atoms with van der Waals surface area (Å²) in [5.74, 6) is 0.210. The molecule has 1 aliphatic rings. The first-order valence-corrected chi connectivity index (χ1v) is 7.56. The average molecular weight is 323 g/mol. The molecule has 1 aliphatic carbocycles. The quantitative estimate of drug-likeness (QED) is 0.666. The number of carbonyl (C=O) groups is 1. The Labute approximate surface area is 122 Å². The molecule has 102 valence electrons. The van der Waals surface area contributed by atoms with Crippen molar-refractivity contribution >= 4 is 27.5 Å². The van der Waals surface area contributed by atoms with Gasteiger partial charge in [0.1, 0.15) is 0 Å². The van der Waals surface area contributed by atoms with E-state index in [2.05, 4.69) is 26.5 Å². The first-order valence-electron chi connectivity index (χ1n) is 6.77. The van der Waals surface area contributed by atoms with E-state index in [9.17, 15) is 4.79 Å². The van der Waals surface area contributed by atoms with Crippen molar-refractivity contribution in [3.63, 3.8) is 0 Å². The van der Waals surface area contributed by atoms with E-state index in [1.165, 1.54) is 6.42 Å². The molecule has 0 aromatic heterocycles. The lowest BCUT2D eigenvalue weighted by atomic mass is 9.89. The first-order chi connectivity index (χ1) is 9.16. The van der Waals surface area contributed by atoms with Crippen LogP contribution in [0.1, 0.15) is 44.6 Å². The van der Waals surface area contributed by atoms with Crippen LogP contribution in [0.5, 0.6) is 0 Å². The average Bonchev–Trinajstić information content (AvgIpc) is 2.45. The number of halogens is 1. The Balaban J connectivity index is 1.95. The second-order valence-corrected chi connectivity index (χ2v) is 5.93. The number of amides is 1. The Hall–Kier alpha value is -1.16. The van der Waals surface area contributed by atoms with Crippen LogP contribution < -0.4 is 5.43 Å². The second kappa shape index (κ2) is 6.85. The van der Waals surface area contributed by atoms with Crippen molar-refractivity contribution in [2.24, 2.45) is 11.0 Å². The van der Waals surface area contributed by atoms with Crippen LogP contribution in [0.3, 0.4) is 0 Å². The van der Waals surface area contributed by atoms with Crippen molar-refractivity contribution in [2.45, 2.75) is 39.0 Å². The molecule has 4 heteroatoms. The van der Waals surface area contributed by atoms with Crippen LogP contribution in [0, 0.1) is 5.92 Å². The van der Waals surface area contributed by atoms with Crippen LogP contribution in [-0.4, -0.2) is 11.6 Å². The Morgan fingerprint density at radius 3 is 2.74 bits per heavy atom. The molecule has 1 fully saturated rings. The number of rotatable bonds is 3. The minimum absolute atomic E-state index is 0.0639. The molecule has 1 saturated carbocycles. The fraction of sp³-hybridized carbons (Fsp3) is 0.467. The van der Waals surface area contributed by atoms with Crippen LogP contribution in [0.25, 0.3) is 0 Å². The molecule has 0 unspecified atom stereocenters. The monoisotopic (exact) mass is 322 g/mol. The minimum Gasteiger partial charge on any atom is -0.273 e. The Bertz CT molecular complexity index is 479. The predicted octanol–water partition coefficient (Wildman–Crippen LogP) is 3.87. The van der Waals surface area contributed by atoms with Crippen LogP contribution in [0.2, 0.25) is 0 Å². The van der Waals surface area contributed by atoms with Crippen LogP contribution in [0.15, 0.2) is 33.8 Å². The standard InChI is InChI=1S/C15H19BrN2O/c1-11(13-8-5-9-14(16)10-13)17-18-15(19)12-6-3-2-4-7-12/h5,8-10,12H,2-4,6-7H2,1H3,(H,18,19). The Morgan fingerprint density at radius 2 is 2.05 bits per heavy atom. The van der Waals surface area contributed by atoms with Crippen molar-refractivity contribution in [1.82, 2.24) is 5.43 Å². The number of hydrogen-bond donors (Lipinski definition) is 1. The van der Waals surface area contributed by atoms with E-state index < -0.39 is 0 Å². The van der Waals surface area contributed by atoms with Gasteiger partial charge in [-0.25, -0.2) is 5.43 Å². The third-order valence-electron chi connectivity index (χ3n) is 3.55. The third kappa shape index (κ3) is 4.16. The summed E-state index contributed by atoms with van der Waals surface area (Å²) < 4.78 is 1.01. The van der Waals surface area contributed by atoms with E-state index in [0.717, 1.165) is 41.4 Å². The van der Waals surface area contributed by atoms with Gasteiger partial charge in [0, 0.05) is 10.4 Å². The molecule has 3 nitrogen and oxygen atoms in total. The molecule has 0 radical (unpaired) electrons. The van der Waals surface area contributed by atoms with Crippen molar-refractivity contribution in [2.75, 3.05) is 0 Å². The summed E-state index contributed by atoms with van der Waals surface area (Å²) in [7, 11) is 0. The van der Waals surface area contributed by atoms with Gasteiger partial charge in [0.2, 0.25) is 5.91 Å². The van der Waals surface area contributed by atoms with Gasteiger partial charge in [-0.15, -0.1) is 0 Å². The summed E-state index contributed by atoms with van der Waals surface area (Å²) in [5, 5.41) is 4.21. The highest BCUT2D eigenvalue weighted by atomic mass is 79.9. The molecule has 2 rings (SSSR count). The first kappa shape index (κ1) is 14.3. The van der Waals surface area contributed by atoms with E-state index in [1.807, 2.05) is 31.2 Å². The van der Waals surface area contributed by atoms with Gasteiger partial charge in [0.05, 0.1) is 5.71 Å². The smallest absolute Gasteiger partial charge is 0.243 e. The molecule has 1 N–H and O–H groups in total. The maximum Gasteiger partial charge on any atom is 0.243 e. The predicted molar refractivity (Wildman–Crippen MR) is 81.1 cm³/mol. The van der Waals surface area contributed by atoms with E-state index in [-0.39, 0.29) is 11.8 Å². The summed E-state index contributed by atoms with van der Waals surface area (Å²) in [4.78, 5) is 12.0. The molecule has 0 atom stereocenters. The number of hydrazone groups is 1. The van der Waals surface area contributed by atoms with E-state index >= 15 is 0 Å². The van der Waals surface area contributed by atoms with Gasteiger partial charge in [0.25, 0.3) is 0 Å². The highest BCUT2D eigenvalue weighted by Crippen LogP contribution is 2.23. The Morgan fingerprint density at radius 1 is 1.32 bits per heavy atom. The maximum atomic E-state index is 12.0. The number of nitrogens with zero attached hydrogens (tertiary/aromatic N) is 1. The van der Waals surface area contributed by atoms with Gasteiger partial charge in [0.15, 0.2) is 0 Å². The van der Waals surface area contributed by atoms with Gasteiger partial charge in [-0.2, -0.15) is 5.10 Å². The van der Waals surface area contributed by atoms with Crippen molar-refractivity contribution in [1.29, 1.82) is 0 Å². The molecule has 0 bridgehead atoms. The molecule has 0 saturated heterocycles. The second-order valence-electron chi connectivity index (χ2n) is 5.02. The van der Waals surface area contributed by atoms with Gasteiger partial charge in [-0.3, -0.25) is 4.79 Å². The zero-order chi connectivity index (χ0) is 13.7. The van der Waals surface area contributed by atoms with E-state index in [4.69, 9.17) is 0 Å². The lowest BCUT2D eigenvalue weighted by Gasteiger charge is -2.19. The molecular formula is C15H19BrN2O. The normalized spacial score (nSPS) is 17.3. The summed E-state index contributed by atoms with van der Waals surface area (Å²) in [6.45, 7) is 1.91. The minimum atomic E-state index is 0.0639. The largest absolute Gasteiger partial charge is 0.273 e. The molecule has 1 aromatic carbocycles. The van der Waals surface area contributed by atoms with Crippen molar-refractivity contribution < 1.29 is 4.79 Å². The highest BCUT2D eigenvalue weighted by molar-refractivity contribution is 9.10. The van der Waals surface area contributed by atoms with Gasteiger partial charge in [-0.05, 0) is 37.5 Å². The maximum absolute atomic E-state index is 12.0. The van der Waals surface area contributed by atoms with Crippen LogP contribution in [-0.2, 0) is 4.79 Å². The SMILES string of the molecule is CC(=NNC(=O)C1CCCCC1)c1cccc(Br)c1. The summed E-state index contributed by atoms with van der Waals surface area (Å²) in [6.07, 6.45) is 5.57. The van der Waals surface area contributed by atoms with E-state index in [1.54, 1.807) is 0 Å². The highest BCUT2D eigenvalue weighted by Gasteiger charge is 2.20. The lowest BCUT2D eigenvalue weighted by molar-refractivity contribution is -0.125. The fourth-order valence-electron chi connectivity index (χ4n) is 2.37. The van der Waals surface area contributed by atoms with Crippen LogP contribution in [0.4, 0.5) is 0 Å². The number of carbonyl (C=O) groups excluding carboxylic acids is 1. The number of hydrogen-bond acceptors (Lipinski definition) is 2. The molecule has 0 aliphatic heterocycles. The molecule has 0 spiro atoms. The summed E-state index contributed by atoms with van der Waals surface area (Å²) >= 11 is 3.43. The van der Waals surface area contributed by atoms with E-state index in [0.29, 0.717) is 0 Å². The third-order valence-corrected chi connectivity index (χ3v) is 4.05. The number of benzene rings is 1. The Kier molecular flexibility index (Phi) is 5.14. The van der Waals surface area contributed by atoms with Crippen molar-refractivity contribution in [3.05, 3.63) is 34.3 Å². The molecule has 19 heavy (non-hydrogen) atoms. The van der Waals surface area contributed by atoms with Crippen molar-refractivity contribution in [3.8, 4) is 0 Å². The van der Waals surface area contributed by atoms with Gasteiger partial charge in [-0.1, -0.05) is 47.3 Å². The lowest BCUT2D eigenvalue weighted by Crippen LogP contribution is -2.29. The van der Waals surface area contributed by atoms with Gasteiger partial charge >= 0.3 is 0 Å². The van der Waals surface area contributed by atoms with Gasteiger partial charge < -0.3 is 0 Å². The molecule has 1 aromatic rings. The molecular weight excluding hydrogens is 304 g/mol. The fourth-order valence-corrected chi connectivity index (χ4v) is 2.77. The molecule has 0 heterocycles. The van der Waals surface area contributed by atoms with Crippen LogP contribution >= 0.6 is 15.9 Å². The summed E-state index contributed by atoms with van der Waals surface area (Å²) in [5.41, 5.74) is 4.54. The molecule has 1 amide bonds. The topological polar surface area (TPSA) is 41.5 Å².